The molecule has 19 heavy (non-hydrogen) atoms. The van der Waals surface area contributed by atoms with Gasteiger partial charge in [0.1, 0.15) is 5.75 Å². The minimum absolute atomic E-state index is 0.0878. The molecule has 1 aromatic rings. The van der Waals surface area contributed by atoms with Gasteiger partial charge in [0.2, 0.25) is 0 Å². The molecule has 0 radical (unpaired) electrons. The molecule has 104 valence electrons. The lowest BCUT2D eigenvalue weighted by Crippen LogP contribution is -2.26. The number of nitrogens with two attached hydrogens (primary N) is 1. The fourth-order valence-electron chi connectivity index (χ4n) is 1.84. The van der Waals surface area contributed by atoms with Gasteiger partial charge in [0, 0.05) is 12.2 Å². The van der Waals surface area contributed by atoms with E-state index in [0.29, 0.717) is 12.3 Å². The summed E-state index contributed by atoms with van der Waals surface area (Å²) >= 11 is 0. The summed E-state index contributed by atoms with van der Waals surface area (Å²) in [6.45, 7) is 5.90. The second-order valence-electron chi connectivity index (χ2n) is 5.59. The van der Waals surface area contributed by atoms with Gasteiger partial charge in [-0.1, -0.05) is 13.8 Å². The number of carbonyl (C=O) groups excluding carboxylic acids is 1. The summed E-state index contributed by atoms with van der Waals surface area (Å²) in [5, 5.41) is 6.13. The van der Waals surface area contributed by atoms with E-state index in [4.69, 9.17) is 10.5 Å². The van der Waals surface area contributed by atoms with Gasteiger partial charge in [-0.25, -0.2) is 0 Å². The minimum Gasteiger partial charge on any atom is -0.482 e. The van der Waals surface area contributed by atoms with Crippen LogP contribution in [-0.2, 0) is 4.79 Å². The molecule has 1 heterocycles. The number of anilines is 2. The molecular formula is C14H21N3O2. The monoisotopic (exact) mass is 263 g/mol. The number of carbonyl (C=O) groups is 1. The van der Waals surface area contributed by atoms with E-state index in [-0.39, 0.29) is 17.9 Å². The van der Waals surface area contributed by atoms with E-state index in [2.05, 4.69) is 24.5 Å². The van der Waals surface area contributed by atoms with Gasteiger partial charge in [-0.05, 0) is 36.6 Å². The molecule has 0 spiro atoms. The first-order valence-electron chi connectivity index (χ1n) is 6.51. The first-order valence-corrected chi connectivity index (χ1v) is 6.51. The first-order chi connectivity index (χ1) is 9.00. The summed E-state index contributed by atoms with van der Waals surface area (Å²) in [7, 11) is 0. The molecule has 0 bridgehead atoms. The Kier molecular flexibility index (Phi) is 3.95. The van der Waals surface area contributed by atoms with Gasteiger partial charge < -0.3 is 21.1 Å². The highest BCUT2D eigenvalue weighted by molar-refractivity contribution is 5.95. The van der Waals surface area contributed by atoms with Gasteiger partial charge in [-0.2, -0.15) is 0 Å². The van der Waals surface area contributed by atoms with Crippen LogP contribution in [0.4, 0.5) is 11.4 Å². The number of hydrogen-bond donors (Lipinski definition) is 3. The Morgan fingerprint density at radius 3 is 3.00 bits per heavy atom. The van der Waals surface area contributed by atoms with Crippen molar-refractivity contribution in [1.82, 2.24) is 0 Å². The van der Waals surface area contributed by atoms with Crippen molar-refractivity contribution < 1.29 is 9.53 Å². The van der Waals surface area contributed by atoms with Crippen molar-refractivity contribution in [3.63, 3.8) is 0 Å². The van der Waals surface area contributed by atoms with Gasteiger partial charge in [-0.15, -0.1) is 0 Å². The summed E-state index contributed by atoms with van der Waals surface area (Å²) in [6, 6.07) is 5.71. The summed E-state index contributed by atoms with van der Waals surface area (Å²) in [6.07, 6.45) is 0.990. The number of nitrogens with one attached hydrogen (secondary N) is 2. The third-order valence-electron chi connectivity index (χ3n) is 3.30. The van der Waals surface area contributed by atoms with Gasteiger partial charge in [0.25, 0.3) is 5.91 Å². The van der Waals surface area contributed by atoms with E-state index in [1.807, 2.05) is 18.2 Å². The minimum atomic E-state index is -0.117. The topological polar surface area (TPSA) is 76.4 Å². The van der Waals surface area contributed by atoms with E-state index in [1.54, 1.807) is 0 Å². The summed E-state index contributed by atoms with van der Waals surface area (Å²) < 4.78 is 5.31. The molecule has 1 aliphatic rings. The van der Waals surface area contributed by atoms with Crippen molar-refractivity contribution in [1.29, 1.82) is 0 Å². The van der Waals surface area contributed by atoms with Crippen LogP contribution in [0.2, 0.25) is 0 Å². The summed E-state index contributed by atoms with van der Waals surface area (Å²) in [5.41, 5.74) is 7.53. The van der Waals surface area contributed by atoms with Crippen molar-refractivity contribution in [2.45, 2.75) is 20.3 Å². The SMILES string of the molecule is CC(C)(CN)CCNc1ccc2c(c1)NC(=O)CO2. The Balaban J connectivity index is 1.95. The van der Waals surface area contributed by atoms with Crippen molar-refractivity contribution in [2.24, 2.45) is 11.1 Å². The highest BCUT2D eigenvalue weighted by atomic mass is 16.5. The van der Waals surface area contributed by atoms with Crippen LogP contribution in [0.3, 0.4) is 0 Å². The fraction of sp³-hybridized carbons (Fsp3) is 0.500. The molecule has 0 atom stereocenters. The molecule has 0 unspecified atom stereocenters. The molecular weight excluding hydrogens is 242 g/mol. The summed E-state index contributed by atoms with van der Waals surface area (Å²) in [4.78, 5) is 11.3. The van der Waals surface area contributed by atoms with E-state index in [0.717, 1.165) is 24.3 Å². The van der Waals surface area contributed by atoms with Crippen molar-refractivity contribution in [3.8, 4) is 5.75 Å². The maximum Gasteiger partial charge on any atom is 0.262 e. The van der Waals surface area contributed by atoms with E-state index in [1.165, 1.54) is 0 Å². The lowest BCUT2D eigenvalue weighted by molar-refractivity contribution is -0.118. The van der Waals surface area contributed by atoms with Crippen molar-refractivity contribution in [2.75, 3.05) is 30.3 Å². The third kappa shape index (κ3) is 3.61. The quantitative estimate of drug-likeness (QED) is 0.757. The number of ether oxygens (including phenoxy) is 1. The molecule has 5 nitrogen and oxygen atoms in total. The van der Waals surface area contributed by atoms with Crippen LogP contribution >= 0.6 is 0 Å². The molecule has 0 aliphatic carbocycles. The second kappa shape index (κ2) is 5.48. The number of benzene rings is 1. The van der Waals surface area contributed by atoms with Crippen LogP contribution in [0.25, 0.3) is 0 Å². The second-order valence-corrected chi connectivity index (χ2v) is 5.59. The van der Waals surface area contributed by atoms with Gasteiger partial charge in [0.05, 0.1) is 5.69 Å². The molecule has 0 aromatic heterocycles. The first kappa shape index (κ1) is 13.7. The Labute approximate surface area is 113 Å². The van der Waals surface area contributed by atoms with Crippen LogP contribution < -0.4 is 21.1 Å². The maximum atomic E-state index is 11.3. The highest BCUT2D eigenvalue weighted by Crippen LogP contribution is 2.30. The van der Waals surface area contributed by atoms with Gasteiger partial charge >= 0.3 is 0 Å². The highest BCUT2D eigenvalue weighted by Gasteiger charge is 2.17. The molecule has 2 rings (SSSR count). The predicted octanol–water partition coefficient (Wildman–Crippen LogP) is 1.80. The molecule has 0 saturated carbocycles. The fourth-order valence-corrected chi connectivity index (χ4v) is 1.84. The van der Waals surface area contributed by atoms with Crippen molar-refractivity contribution >= 4 is 17.3 Å². The van der Waals surface area contributed by atoms with Gasteiger partial charge in [0.15, 0.2) is 6.61 Å². The molecule has 1 aliphatic heterocycles. The van der Waals surface area contributed by atoms with E-state index >= 15 is 0 Å². The van der Waals surface area contributed by atoms with Crippen molar-refractivity contribution in [3.05, 3.63) is 18.2 Å². The average molecular weight is 263 g/mol. The largest absolute Gasteiger partial charge is 0.482 e. The molecule has 0 saturated heterocycles. The zero-order valence-electron chi connectivity index (χ0n) is 11.5. The number of fused-ring (bicyclic) bond motifs is 1. The zero-order valence-corrected chi connectivity index (χ0v) is 11.5. The Bertz CT molecular complexity index is 472. The third-order valence-corrected chi connectivity index (χ3v) is 3.30. The lowest BCUT2D eigenvalue weighted by atomic mass is 9.90. The molecule has 5 heteroatoms. The van der Waals surface area contributed by atoms with E-state index < -0.39 is 0 Å². The Morgan fingerprint density at radius 2 is 2.26 bits per heavy atom. The van der Waals surface area contributed by atoms with Crippen LogP contribution in [0.15, 0.2) is 18.2 Å². The summed E-state index contributed by atoms with van der Waals surface area (Å²) in [5.74, 6) is 0.598. The standard InChI is InChI=1S/C14H21N3O2/c1-14(2,9-15)5-6-16-10-3-4-12-11(7-10)17-13(18)8-19-12/h3-4,7,16H,5-6,8-9,15H2,1-2H3,(H,17,18). The zero-order chi connectivity index (χ0) is 13.9. The number of rotatable bonds is 5. The normalized spacial score (nSPS) is 14.4. The number of amides is 1. The lowest BCUT2D eigenvalue weighted by Gasteiger charge is -2.23. The maximum absolute atomic E-state index is 11.3. The molecule has 1 aromatic carbocycles. The van der Waals surface area contributed by atoms with Crippen LogP contribution in [0.1, 0.15) is 20.3 Å². The van der Waals surface area contributed by atoms with E-state index in [9.17, 15) is 4.79 Å². The number of hydrogen-bond acceptors (Lipinski definition) is 4. The van der Waals surface area contributed by atoms with Gasteiger partial charge in [-0.3, -0.25) is 4.79 Å². The Morgan fingerprint density at radius 1 is 1.47 bits per heavy atom. The molecule has 0 fully saturated rings. The van der Waals surface area contributed by atoms with Crippen LogP contribution in [-0.4, -0.2) is 25.6 Å². The van der Waals surface area contributed by atoms with Crippen LogP contribution in [0.5, 0.6) is 5.75 Å². The molecule has 4 N–H and O–H groups in total. The Hall–Kier alpha value is -1.75. The smallest absolute Gasteiger partial charge is 0.262 e. The molecule has 1 amide bonds. The average Bonchev–Trinajstić information content (AvgIpc) is 2.38. The predicted molar refractivity (Wildman–Crippen MR) is 76.5 cm³/mol. The van der Waals surface area contributed by atoms with Crippen LogP contribution in [0, 0.1) is 5.41 Å².